The van der Waals surface area contributed by atoms with Crippen molar-refractivity contribution in [2.45, 2.75) is 39.2 Å². The summed E-state index contributed by atoms with van der Waals surface area (Å²) in [5, 5.41) is 10.8. The number of nitrogens with zero attached hydrogens (tertiary/aromatic N) is 1. The second-order valence-corrected chi connectivity index (χ2v) is 2.65. The molecule has 68 valence electrons. The Balaban J connectivity index is 3.86. The van der Waals surface area contributed by atoms with E-state index in [9.17, 15) is 5.21 Å². The molecule has 0 saturated carbocycles. The van der Waals surface area contributed by atoms with Crippen LogP contribution >= 0.6 is 0 Å². The zero-order valence-corrected chi connectivity index (χ0v) is 7.59. The summed E-state index contributed by atoms with van der Waals surface area (Å²) in [6.07, 6.45) is 1.57. The normalized spacial score (nSPS) is 12.5. The van der Waals surface area contributed by atoms with Gasteiger partial charge in [-0.15, -0.1) is 5.39 Å². The Labute approximate surface area is 67.6 Å². The van der Waals surface area contributed by atoms with E-state index in [0.717, 1.165) is 12.8 Å². The Morgan fingerprint density at radius 1 is 1.36 bits per heavy atom. The molecule has 0 aliphatic rings. The predicted molar refractivity (Wildman–Crippen MR) is 42.3 cm³/mol. The smallest absolute Gasteiger partial charge is 0.0881 e. The highest BCUT2D eigenvalue weighted by Crippen LogP contribution is 2.20. The average Bonchev–Trinajstić information content (AvgIpc) is 2.04. The highest BCUT2D eigenvalue weighted by molar-refractivity contribution is 4.69. The molecule has 0 bridgehead atoms. The van der Waals surface area contributed by atoms with Gasteiger partial charge in [0, 0.05) is 0 Å². The van der Waals surface area contributed by atoms with Crippen LogP contribution < -0.4 is 0 Å². The molecule has 0 aromatic carbocycles. The maximum Gasteiger partial charge on any atom is 0.0881 e. The number of hydrogen-bond donors (Lipinski definition) is 0. The van der Waals surface area contributed by atoms with E-state index in [2.05, 4.69) is 4.84 Å². The minimum absolute atomic E-state index is 0.146. The molecule has 0 amide bonds. The van der Waals surface area contributed by atoms with Crippen LogP contribution in [0.3, 0.4) is 0 Å². The van der Waals surface area contributed by atoms with Gasteiger partial charge < -0.3 is 5.21 Å². The van der Waals surface area contributed by atoms with Crippen LogP contribution in [-0.4, -0.2) is 18.1 Å². The maximum atomic E-state index is 10.6. The van der Waals surface area contributed by atoms with E-state index >= 15 is 0 Å². The SMILES string of the molecule is CCC(C)(CC)ON([O-])OC. The van der Waals surface area contributed by atoms with Gasteiger partial charge in [0.05, 0.1) is 12.7 Å². The molecular formula is C7H16NO3-. The molecule has 0 fully saturated rings. The van der Waals surface area contributed by atoms with Crippen LogP contribution in [0.15, 0.2) is 0 Å². The summed E-state index contributed by atoms with van der Waals surface area (Å²) in [5.74, 6) is 0. The first-order valence-electron chi connectivity index (χ1n) is 3.78. The molecule has 0 N–H and O–H groups in total. The minimum Gasteiger partial charge on any atom is -0.738 e. The Bertz CT molecular complexity index is 104. The largest absolute Gasteiger partial charge is 0.738 e. The van der Waals surface area contributed by atoms with Crippen LogP contribution in [0.2, 0.25) is 0 Å². The van der Waals surface area contributed by atoms with Crippen molar-refractivity contribution in [1.82, 2.24) is 5.39 Å². The van der Waals surface area contributed by atoms with Gasteiger partial charge in [-0.05, 0) is 19.8 Å². The molecule has 0 spiro atoms. The molecule has 11 heavy (non-hydrogen) atoms. The van der Waals surface area contributed by atoms with Crippen molar-refractivity contribution in [3.8, 4) is 0 Å². The molecule has 0 aliphatic heterocycles. The van der Waals surface area contributed by atoms with Crippen molar-refractivity contribution in [2.24, 2.45) is 0 Å². The zero-order chi connectivity index (χ0) is 8.91. The molecule has 0 rings (SSSR count). The highest BCUT2D eigenvalue weighted by atomic mass is 17.1. The minimum atomic E-state index is -0.405. The van der Waals surface area contributed by atoms with Gasteiger partial charge in [0.1, 0.15) is 0 Å². The summed E-state index contributed by atoms with van der Waals surface area (Å²) in [6.45, 7) is 5.80. The third kappa shape index (κ3) is 3.67. The fraction of sp³-hybridized carbons (Fsp3) is 1.00. The lowest BCUT2D eigenvalue weighted by Gasteiger charge is -2.35. The lowest BCUT2D eigenvalue weighted by Crippen LogP contribution is -2.34. The maximum absolute atomic E-state index is 10.6. The first kappa shape index (κ1) is 10.8. The van der Waals surface area contributed by atoms with Crippen LogP contribution in [-0.2, 0) is 9.68 Å². The third-order valence-corrected chi connectivity index (χ3v) is 1.94. The second-order valence-electron chi connectivity index (χ2n) is 2.65. The van der Waals surface area contributed by atoms with Crippen LogP contribution in [0.1, 0.15) is 33.6 Å². The lowest BCUT2D eigenvalue weighted by molar-refractivity contribution is -0.368. The first-order chi connectivity index (χ1) is 5.08. The van der Waals surface area contributed by atoms with E-state index in [1.54, 1.807) is 0 Å². The van der Waals surface area contributed by atoms with Gasteiger partial charge in [-0.1, -0.05) is 13.8 Å². The second kappa shape index (κ2) is 4.66. The van der Waals surface area contributed by atoms with Crippen LogP contribution in [0.4, 0.5) is 0 Å². The lowest BCUT2D eigenvalue weighted by atomic mass is 10.0. The molecule has 0 heterocycles. The van der Waals surface area contributed by atoms with Crippen LogP contribution in [0.25, 0.3) is 0 Å². The van der Waals surface area contributed by atoms with Crippen molar-refractivity contribution in [2.75, 3.05) is 7.11 Å². The standard InChI is InChI=1S/C7H16NO3/c1-5-7(3,6-2)11-8(9)10-4/h5-6H2,1-4H3/q-1. The quantitative estimate of drug-likeness (QED) is 0.579. The molecule has 0 aromatic heterocycles. The summed E-state index contributed by atoms with van der Waals surface area (Å²) >= 11 is 0. The Kier molecular flexibility index (Phi) is 4.60. The summed E-state index contributed by atoms with van der Waals surface area (Å²) in [7, 11) is 1.28. The summed E-state index contributed by atoms with van der Waals surface area (Å²) in [5.41, 5.74) is -0.405. The monoisotopic (exact) mass is 162 g/mol. The van der Waals surface area contributed by atoms with E-state index in [-0.39, 0.29) is 5.39 Å². The van der Waals surface area contributed by atoms with E-state index in [1.165, 1.54) is 7.11 Å². The van der Waals surface area contributed by atoms with Gasteiger partial charge in [-0.25, -0.2) is 0 Å². The van der Waals surface area contributed by atoms with Gasteiger partial charge in [0.15, 0.2) is 0 Å². The Morgan fingerprint density at radius 2 is 1.82 bits per heavy atom. The van der Waals surface area contributed by atoms with Gasteiger partial charge in [-0.2, -0.15) is 0 Å². The fourth-order valence-electron chi connectivity index (χ4n) is 0.596. The fourth-order valence-corrected chi connectivity index (χ4v) is 0.596. The Morgan fingerprint density at radius 3 is 2.09 bits per heavy atom. The number of hydrogen-bond acceptors (Lipinski definition) is 4. The Hall–Kier alpha value is -0.160. The molecule has 0 aliphatic carbocycles. The summed E-state index contributed by atoms with van der Waals surface area (Å²) in [4.78, 5) is 9.25. The molecular weight excluding hydrogens is 146 g/mol. The molecule has 0 aromatic rings. The number of rotatable bonds is 5. The van der Waals surface area contributed by atoms with E-state index < -0.39 is 5.60 Å². The van der Waals surface area contributed by atoms with E-state index in [4.69, 9.17) is 4.84 Å². The molecule has 4 heteroatoms. The van der Waals surface area contributed by atoms with Crippen molar-refractivity contribution in [3.63, 3.8) is 0 Å². The van der Waals surface area contributed by atoms with Crippen molar-refractivity contribution < 1.29 is 9.68 Å². The van der Waals surface area contributed by atoms with E-state index in [0.29, 0.717) is 0 Å². The molecule has 4 nitrogen and oxygen atoms in total. The molecule has 0 unspecified atom stereocenters. The van der Waals surface area contributed by atoms with Crippen molar-refractivity contribution in [1.29, 1.82) is 0 Å². The molecule has 0 radical (unpaired) electrons. The first-order valence-corrected chi connectivity index (χ1v) is 3.78. The predicted octanol–water partition coefficient (Wildman–Crippen LogP) is 1.86. The van der Waals surface area contributed by atoms with Crippen LogP contribution in [0.5, 0.6) is 0 Å². The average molecular weight is 162 g/mol. The topological polar surface area (TPSA) is 44.8 Å². The summed E-state index contributed by atoms with van der Waals surface area (Å²) < 4.78 is 0. The molecule has 0 atom stereocenters. The molecule has 0 saturated heterocycles. The summed E-state index contributed by atoms with van der Waals surface area (Å²) in [6, 6.07) is 0. The van der Waals surface area contributed by atoms with Crippen LogP contribution in [0, 0.1) is 5.21 Å². The van der Waals surface area contributed by atoms with Gasteiger partial charge in [0.25, 0.3) is 0 Å². The van der Waals surface area contributed by atoms with Gasteiger partial charge in [0.2, 0.25) is 0 Å². The van der Waals surface area contributed by atoms with Crippen molar-refractivity contribution >= 4 is 0 Å². The zero-order valence-electron chi connectivity index (χ0n) is 7.59. The van der Waals surface area contributed by atoms with Gasteiger partial charge >= 0.3 is 0 Å². The van der Waals surface area contributed by atoms with E-state index in [1.807, 2.05) is 20.8 Å². The third-order valence-electron chi connectivity index (χ3n) is 1.94. The van der Waals surface area contributed by atoms with Gasteiger partial charge in [-0.3, -0.25) is 9.68 Å². The highest BCUT2D eigenvalue weighted by Gasteiger charge is 2.21. The van der Waals surface area contributed by atoms with Crippen molar-refractivity contribution in [3.05, 3.63) is 5.21 Å².